The van der Waals surface area contributed by atoms with Crippen LogP contribution in [0.5, 0.6) is 0 Å². The van der Waals surface area contributed by atoms with Crippen molar-refractivity contribution >= 4 is 55.0 Å². The minimum absolute atomic E-state index is 0.129. The van der Waals surface area contributed by atoms with Crippen molar-refractivity contribution in [2.24, 2.45) is 12.0 Å². The number of rotatable bonds is 3. The molecule has 26 heavy (non-hydrogen) atoms. The number of hydrogen-bond acceptors (Lipinski definition) is 4. The highest BCUT2D eigenvalue weighted by molar-refractivity contribution is 9.10. The number of carbonyl (C=O) groups excluding carboxylic acids is 2. The highest BCUT2D eigenvalue weighted by Gasteiger charge is 2.29. The Morgan fingerprint density at radius 2 is 1.77 bits per heavy atom. The smallest absolute Gasteiger partial charge is 0.234 e. The van der Waals surface area contributed by atoms with Crippen molar-refractivity contribution in [3.8, 4) is 0 Å². The summed E-state index contributed by atoms with van der Waals surface area (Å²) in [6, 6.07) is 13.7. The van der Waals surface area contributed by atoms with E-state index >= 15 is 0 Å². The van der Waals surface area contributed by atoms with Crippen molar-refractivity contribution in [2.45, 2.75) is 19.4 Å². The second-order valence-electron chi connectivity index (χ2n) is 6.16. The molecule has 0 atom stereocenters. The Hall–Kier alpha value is -2.25. The van der Waals surface area contributed by atoms with Crippen LogP contribution in [0.4, 0.5) is 5.69 Å². The van der Waals surface area contributed by atoms with Crippen molar-refractivity contribution < 1.29 is 9.59 Å². The van der Waals surface area contributed by atoms with Gasteiger partial charge in [0.15, 0.2) is 4.80 Å². The maximum absolute atomic E-state index is 11.8. The molecule has 2 heterocycles. The molecule has 0 unspecified atom stereocenters. The van der Waals surface area contributed by atoms with Gasteiger partial charge < -0.3 is 4.57 Å². The van der Waals surface area contributed by atoms with Gasteiger partial charge in [-0.2, -0.15) is 0 Å². The zero-order valence-corrected chi connectivity index (χ0v) is 16.5. The monoisotopic (exact) mass is 429 g/mol. The van der Waals surface area contributed by atoms with Gasteiger partial charge in [0.2, 0.25) is 11.8 Å². The number of aryl methyl sites for hydroxylation is 1. The number of aromatic nitrogens is 1. The van der Waals surface area contributed by atoms with E-state index in [9.17, 15) is 9.59 Å². The number of fused-ring (bicyclic) bond motifs is 1. The van der Waals surface area contributed by atoms with E-state index in [4.69, 9.17) is 4.99 Å². The molecule has 1 aromatic heterocycles. The van der Waals surface area contributed by atoms with Crippen LogP contribution in [-0.4, -0.2) is 16.4 Å². The van der Waals surface area contributed by atoms with E-state index in [2.05, 4.69) is 32.6 Å². The first kappa shape index (κ1) is 17.2. The van der Waals surface area contributed by atoms with E-state index in [-0.39, 0.29) is 11.8 Å². The number of amides is 2. The number of anilines is 1. The van der Waals surface area contributed by atoms with Crippen molar-refractivity contribution in [3.63, 3.8) is 0 Å². The third-order valence-corrected chi connectivity index (χ3v) is 6.04. The van der Waals surface area contributed by atoms with Gasteiger partial charge in [-0.15, -0.1) is 0 Å². The molecular formula is C19H16BrN3O2S. The molecule has 7 heteroatoms. The molecule has 132 valence electrons. The average molecular weight is 430 g/mol. The van der Waals surface area contributed by atoms with Crippen LogP contribution in [0, 0.1) is 0 Å². The fourth-order valence-corrected chi connectivity index (χ4v) is 4.60. The summed E-state index contributed by atoms with van der Waals surface area (Å²) >= 11 is 5.15. The molecule has 0 saturated carbocycles. The van der Waals surface area contributed by atoms with E-state index < -0.39 is 0 Å². The molecule has 1 saturated heterocycles. The highest BCUT2D eigenvalue weighted by Crippen LogP contribution is 2.23. The Balaban J connectivity index is 1.58. The maximum atomic E-state index is 11.8. The standard InChI is InChI=1S/C19H16BrN3O2S/c1-22-15-7-4-13(20)10-16(15)26-19(22)21-11-12-2-5-14(6-3-12)23-17(24)8-9-18(23)25/h2-7,10H,8-9,11H2,1H3. The fraction of sp³-hybridized carbons (Fsp3) is 0.211. The van der Waals surface area contributed by atoms with Gasteiger partial charge in [0.25, 0.3) is 0 Å². The molecule has 1 fully saturated rings. The van der Waals surface area contributed by atoms with Crippen LogP contribution in [0.1, 0.15) is 18.4 Å². The molecule has 1 aliphatic rings. The lowest BCUT2D eigenvalue weighted by Crippen LogP contribution is -2.28. The topological polar surface area (TPSA) is 54.7 Å². The summed E-state index contributed by atoms with van der Waals surface area (Å²) in [4.78, 5) is 30.6. The molecular weight excluding hydrogens is 414 g/mol. The number of imide groups is 1. The van der Waals surface area contributed by atoms with Gasteiger partial charge in [-0.05, 0) is 35.9 Å². The van der Waals surface area contributed by atoms with Gasteiger partial charge >= 0.3 is 0 Å². The maximum Gasteiger partial charge on any atom is 0.234 e. The summed E-state index contributed by atoms with van der Waals surface area (Å²) < 4.78 is 4.32. The summed E-state index contributed by atoms with van der Waals surface area (Å²) in [5.74, 6) is -0.258. The van der Waals surface area contributed by atoms with Crippen molar-refractivity contribution in [3.05, 3.63) is 57.3 Å². The first-order valence-electron chi connectivity index (χ1n) is 8.23. The second-order valence-corrected chi connectivity index (χ2v) is 8.09. The number of benzene rings is 2. The number of thiazole rings is 1. The number of carbonyl (C=O) groups is 2. The fourth-order valence-electron chi connectivity index (χ4n) is 3.03. The molecule has 2 aromatic carbocycles. The van der Waals surface area contributed by atoms with E-state index in [1.54, 1.807) is 11.3 Å². The first-order valence-corrected chi connectivity index (χ1v) is 9.84. The van der Waals surface area contributed by atoms with Crippen LogP contribution < -0.4 is 9.70 Å². The van der Waals surface area contributed by atoms with Crippen LogP contribution in [0.15, 0.2) is 51.9 Å². The van der Waals surface area contributed by atoms with E-state index in [0.29, 0.717) is 25.1 Å². The van der Waals surface area contributed by atoms with E-state index in [0.717, 1.165) is 20.4 Å². The number of nitrogens with zero attached hydrogens (tertiary/aromatic N) is 3. The third kappa shape index (κ3) is 3.12. The van der Waals surface area contributed by atoms with Gasteiger partial charge in [-0.3, -0.25) is 19.5 Å². The minimum atomic E-state index is -0.129. The quantitative estimate of drug-likeness (QED) is 0.595. The van der Waals surface area contributed by atoms with Gasteiger partial charge in [0.1, 0.15) is 0 Å². The van der Waals surface area contributed by atoms with Crippen LogP contribution in [0.3, 0.4) is 0 Å². The van der Waals surface area contributed by atoms with Gasteiger partial charge in [-0.25, -0.2) is 0 Å². The normalized spacial score (nSPS) is 15.5. The summed E-state index contributed by atoms with van der Waals surface area (Å²) in [6.45, 7) is 0.546. The van der Waals surface area contributed by atoms with Gasteiger partial charge in [-0.1, -0.05) is 39.4 Å². The molecule has 4 rings (SSSR count). The Bertz CT molecular complexity index is 1070. The largest absolute Gasteiger partial charge is 0.320 e. The van der Waals surface area contributed by atoms with Crippen LogP contribution in [0.25, 0.3) is 10.2 Å². The summed E-state index contributed by atoms with van der Waals surface area (Å²) in [7, 11) is 2.01. The Kier molecular flexibility index (Phi) is 4.50. The lowest BCUT2D eigenvalue weighted by atomic mass is 10.2. The molecule has 0 N–H and O–H groups in total. The SMILES string of the molecule is Cn1c(=NCc2ccc(N3C(=O)CCC3=O)cc2)sc2cc(Br)ccc21. The Labute approximate surface area is 162 Å². The average Bonchev–Trinajstić information content (AvgIpc) is 3.12. The second kappa shape index (κ2) is 6.81. The zero-order valence-electron chi connectivity index (χ0n) is 14.1. The van der Waals surface area contributed by atoms with Gasteiger partial charge in [0.05, 0.1) is 22.4 Å². The predicted molar refractivity (Wildman–Crippen MR) is 106 cm³/mol. The molecule has 0 bridgehead atoms. The lowest BCUT2D eigenvalue weighted by Gasteiger charge is -2.13. The van der Waals surface area contributed by atoms with Crippen LogP contribution in [-0.2, 0) is 23.2 Å². The number of halogens is 1. The van der Waals surface area contributed by atoms with Crippen LogP contribution >= 0.6 is 27.3 Å². The summed E-state index contributed by atoms with van der Waals surface area (Å²) in [5.41, 5.74) is 2.82. The minimum Gasteiger partial charge on any atom is -0.320 e. The Morgan fingerprint density at radius 3 is 2.46 bits per heavy atom. The van der Waals surface area contributed by atoms with E-state index in [1.807, 2.05) is 37.4 Å². The lowest BCUT2D eigenvalue weighted by molar-refractivity contribution is -0.121. The van der Waals surface area contributed by atoms with Gasteiger partial charge in [0, 0.05) is 24.4 Å². The Morgan fingerprint density at radius 1 is 1.08 bits per heavy atom. The summed E-state index contributed by atoms with van der Waals surface area (Å²) in [5, 5.41) is 0. The molecule has 5 nitrogen and oxygen atoms in total. The third-order valence-electron chi connectivity index (χ3n) is 4.41. The molecule has 2 amide bonds. The van der Waals surface area contributed by atoms with Crippen molar-refractivity contribution in [1.29, 1.82) is 0 Å². The summed E-state index contributed by atoms with van der Waals surface area (Å²) in [6.07, 6.45) is 0.600. The molecule has 0 radical (unpaired) electrons. The number of hydrogen-bond donors (Lipinski definition) is 0. The molecule has 3 aromatic rings. The van der Waals surface area contributed by atoms with Crippen LogP contribution in [0.2, 0.25) is 0 Å². The highest BCUT2D eigenvalue weighted by atomic mass is 79.9. The molecule has 0 aliphatic carbocycles. The van der Waals surface area contributed by atoms with Crippen molar-refractivity contribution in [2.75, 3.05) is 4.90 Å². The van der Waals surface area contributed by atoms with E-state index in [1.165, 1.54) is 9.60 Å². The zero-order chi connectivity index (χ0) is 18.3. The first-order chi connectivity index (χ1) is 12.5. The molecule has 0 spiro atoms. The molecule has 1 aliphatic heterocycles. The van der Waals surface area contributed by atoms with Crippen molar-refractivity contribution in [1.82, 2.24) is 4.57 Å². The predicted octanol–water partition coefficient (Wildman–Crippen LogP) is 3.76.